The highest BCUT2D eigenvalue weighted by molar-refractivity contribution is 7.13. The first-order valence-electron chi connectivity index (χ1n) is 6.22. The Hall–Kier alpha value is -1.39. The van der Waals surface area contributed by atoms with Gasteiger partial charge in [0.1, 0.15) is 10.6 Å². The molecule has 0 aliphatic heterocycles. The van der Waals surface area contributed by atoms with Crippen molar-refractivity contribution in [2.45, 2.75) is 33.1 Å². The molecule has 0 atom stereocenters. The predicted octanol–water partition coefficient (Wildman–Crippen LogP) is 4.62. The molecule has 0 aliphatic rings. The molecule has 3 nitrogen and oxygen atoms in total. The van der Waals surface area contributed by atoms with Crippen LogP contribution in [0.25, 0.3) is 0 Å². The fourth-order valence-corrected chi connectivity index (χ4v) is 2.88. The van der Waals surface area contributed by atoms with Crippen LogP contribution in [0, 0.1) is 6.92 Å². The van der Waals surface area contributed by atoms with Crippen molar-refractivity contribution in [3.05, 3.63) is 44.9 Å². The molecule has 106 valence electrons. The van der Waals surface area contributed by atoms with Crippen LogP contribution in [-0.2, 0) is 5.41 Å². The number of halogens is 1. The molecule has 1 heterocycles. The van der Waals surface area contributed by atoms with Gasteiger partial charge in [-0.3, -0.25) is 0 Å². The smallest absolute Gasteiger partial charge is 0.355 e. The van der Waals surface area contributed by atoms with Gasteiger partial charge in [-0.25, -0.2) is 9.78 Å². The van der Waals surface area contributed by atoms with E-state index in [1.54, 1.807) is 6.07 Å². The molecule has 0 unspecified atom stereocenters. The molecular weight excluding hydrogens is 294 g/mol. The van der Waals surface area contributed by atoms with Crippen molar-refractivity contribution in [1.82, 2.24) is 4.98 Å². The number of ether oxygens (including phenoxy) is 1. The normalized spacial score (nSPS) is 11.4. The van der Waals surface area contributed by atoms with Gasteiger partial charge in [0.05, 0.1) is 16.2 Å². The van der Waals surface area contributed by atoms with Crippen molar-refractivity contribution in [1.29, 1.82) is 0 Å². The van der Waals surface area contributed by atoms with Gasteiger partial charge in [-0.15, -0.1) is 11.3 Å². The highest BCUT2D eigenvalue weighted by Gasteiger charge is 2.21. The molecule has 20 heavy (non-hydrogen) atoms. The highest BCUT2D eigenvalue weighted by atomic mass is 35.5. The lowest BCUT2D eigenvalue weighted by Gasteiger charge is -2.21. The Bertz CT molecular complexity index is 644. The van der Waals surface area contributed by atoms with Gasteiger partial charge in [-0.1, -0.05) is 44.5 Å². The van der Waals surface area contributed by atoms with Gasteiger partial charge in [0.25, 0.3) is 0 Å². The fraction of sp³-hybridized carbons (Fsp3) is 0.333. The SMILES string of the molecule is Cc1ncc(C(=O)Oc2cccc(C(C)(C)C)c2Cl)s1. The van der Waals surface area contributed by atoms with Crippen molar-refractivity contribution in [3.63, 3.8) is 0 Å². The van der Waals surface area contributed by atoms with Crippen LogP contribution in [0.5, 0.6) is 5.75 Å². The van der Waals surface area contributed by atoms with Crippen LogP contribution in [0.1, 0.15) is 41.0 Å². The number of carbonyl (C=O) groups is 1. The number of aryl methyl sites for hydroxylation is 1. The molecule has 0 spiro atoms. The summed E-state index contributed by atoms with van der Waals surface area (Å²) in [5.41, 5.74) is 0.838. The van der Waals surface area contributed by atoms with E-state index in [1.807, 2.05) is 19.1 Å². The van der Waals surface area contributed by atoms with Crippen molar-refractivity contribution in [2.24, 2.45) is 0 Å². The number of esters is 1. The van der Waals surface area contributed by atoms with Crippen LogP contribution in [0.2, 0.25) is 5.02 Å². The Kier molecular flexibility index (Phi) is 4.16. The number of nitrogens with zero attached hydrogens (tertiary/aromatic N) is 1. The second kappa shape index (κ2) is 5.54. The monoisotopic (exact) mass is 309 g/mol. The number of carbonyl (C=O) groups excluding carboxylic acids is 1. The molecule has 2 aromatic rings. The zero-order chi connectivity index (χ0) is 14.9. The summed E-state index contributed by atoms with van der Waals surface area (Å²) in [5.74, 6) is -0.0429. The van der Waals surface area contributed by atoms with Gasteiger partial charge in [-0.05, 0) is 24.0 Å². The summed E-state index contributed by atoms with van der Waals surface area (Å²) in [5, 5.41) is 1.31. The van der Waals surface area contributed by atoms with E-state index >= 15 is 0 Å². The minimum Gasteiger partial charge on any atom is -0.421 e. The van der Waals surface area contributed by atoms with Crippen LogP contribution in [0.3, 0.4) is 0 Å². The van der Waals surface area contributed by atoms with Gasteiger partial charge in [0, 0.05) is 0 Å². The summed E-state index contributed by atoms with van der Waals surface area (Å²) < 4.78 is 5.38. The molecule has 1 aromatic heterocycles. The maximum absolute atomic E-state index is 12.0. The van der Waals surface area contributed by atoms with Crippen LogP contribution in [0.15, 0.2) is 24.4 Å². The number of aromatic nitrogens is 1. The second-order valence-electron chi connectivity index (χ2n) is 5.50. The second-order valence-corrected chi connectivity index (χ2v) is 7.11. The summed E-state index contributed by atoms with van der Waals surface area (Å²) in [6, 6.07) is 5.48. The number of hydrogen-bond donors (Lipinski definition) is 0. The molecule has 0 N–H and O–H groups in total. The minimum absolute atomic E-state index is 0.111. The summed E-state index contributed by atoms with van der Waals surface area (Å²) in [6.45, 7) is 8.03. The van der Waals surface area contributed by atoms with Crippen LogP contribution in [-0.4, -0.2) is 11.0 Å². The average molecular weight is 310 g/mol. The lowest BCUT2D eigenvalue weighted by atomic mass is 9.87. The summed E-state index contributed by atoms with van der Waals surface area (Å²) >= 11 is 7.64. The van der Waals surface area contributed by atoms with Crippen molar-refractivity contribution < 1.29 is 9.53 Å². The largest absolute Gasteiger partial charge is 0.421 e. The molecule has 0 radical (unpaired) electrons. The summed E-state index contributed by atoms with van der Waals surface area (Å²) in [6.07, 6.45) is 1.52. The molecule has 2 rings (SSSR count). The van der Waals surface area contributed by atoms with Crippen molar-refractivity contribution >= 4 is 28.9 Å². The number of thiazole rings is 1. The van der Waals surface area contributed by atoms with E-state index in [-0.39, 0.29) is 5.41 Å². The molecular formula is C15H16ClNO2S. The third-order valence-corrected chi connectivity index (χ3v) is 4.08. The Morgan fingerprint density at radius 2 is 2.05 bits per heavy atom. The van der Waals surface area contributed by atoms with Crippen LogP contribution < -0.4 is 4.74 Å². The Morgan fingerprint density at radius 3 is 2.60 bits per heavy atom. The van der Waals surface area contributed by atoms with Gasteiger partial charge < -0.3 is 4.74 Å². The molecule has 5 heteroatoms. The van der Waals surface area contributed by atoms with Gasteiger partial charge >= 0.3 is 5.97 Å². The predicted molar refractivity (Wildman–Crippen MR) is 82.0 cm³/mol. The lowest BCUT2D eigenvalue weighted by Crippen LogP contribution is -2.13. The standard InChI is InChI=1S/C15H16ClNO2S/c1-9-17-8-12(20-9)14(18)19-11-7-5-6-10(13(11)16)15(2,3)4/h5-8H,1-4H3. The average Bonchev–Trinajstić information content (AvgIpc) is 2.77. The number of rotatable bonds is 2. The maximum atomic E-state index is 12.0. The van der Waals surface area contributed by atoms with E-state index in [4.69, 9.17) is 16.3 Å². The Morgan fingerprint density at radius 1 is 1.35 bits per heavy atom. The molecule has 1 aromatic carbocycles. The number of hydrogen-bond acceptors (Lipinski definition) is 4. The van der Waals surface area contributed by atoms with Gasteiger partial charge in [-0.2, -0.15) is 0 Å². The fourth-order valence-electron chi connectivity index (χ4n) is 1.77. The molecule has 0 bridgehead atoms. The summed E-state index contributed by atoms with van der Waals surface area (Å²) in [4.78, 5) is 16.5. The number of benzene rings is 1. The molecule has 0 aliphatic carbocycles. The van der Waals surface area contributed by atoms with E-state index in [0.717, 1.165) is 10.6 Å². The molecule has 0 amide bonds. The zero-order valence-corrected chi connectivity index (χ0v) is 13.4. The maximum Gasteiger partial charge on any atom is 0.355 e. The first-order valence-corrected chi connectivity index (χ1v) is 7.42. The topological polar surface area (TPSA) is 39.2 Å². The van der Waals surface area contributed by atoms with E-state index in [1.165, 1.54) is 17.5 Å². The van der Waals surface area contributed by atoms with Crippen LogP contribution in [0.4, 0.5) is 0 Å². The zero-order valence-electron chi connectivity index (χ0n) is 11.9. The van der Waals surface area contributed by atoms with E-state index in [0.29, 0.717) is 15.6 Å². The van der Waals surface area contributed by atoms with Gasteiger partial charge in [0.2, 0.25) is 0 Å². The van der Waals surface area contributed by atoms with Crippen molar-refractivity contribution in [3.8, 4) is 5.75 Å². The molecule has 0 saturated carbocycles. The lowest BCUT2D eigenvalue weighted by molar-refractivity contribution is 0.0739. The molecule has 0 saturated heterocycles. The van der Waals surface area contributed by atoms with Gasteiger partial charge in [0.15, 0.2) is 0 Å². The quantitative estimate of drug-likeness (QED) is 0.600. The van der Waals surface area contributed by atoms with E-state index in [9.17, 15) is 4.79 Å². The van der Waals surface area contributed by atoms with Crippen LogP contribution >= 0.6 is 22.9 Å². The Balaban J connectivity index is 2.28. The van der Waals surface area contributed by atoms with E-state index in [2.05, 4.69) is 25.8 Å². The highest BCUT2D eigenvalue weighted by Crippen LogP contribution is 2.36. The third kappa shape index (κ3) is 3.19. The van der Waals surface area contributed by atoms with Crippen molar-refractivity contribution in [2.75, 3.05) is 0 Å². The molecule has 0 fully saturated rings. The minimum atomic E-state index is -0.427. The third-order valence-electron chi connectivity index (χ3n) is 2.80. The first-order chi connectivity index (χ1) is 9.29. The summed E-state index contributed by atoms with van der Waals surface area (Å²) in [7, 11) is 0. The first kappa shape index (κ1) is 15.0. The Labute approximate surface area is 127 Å². The van der Waals surface area contributed by atoms with E-state index < -0.39 is 5.97 Å².